The lowest BCUT2D eigenvalue weighted by Crippen LogP contribution is -2.44. The number of nitrogens with zero attached hydrogens (tertiary/aromatic N) is 2. The molecule has 0 aliphatic carbocycles. The lowest BCUT2D eigenvalue weighted by atomic mass is 10.0. The summed E-state index contributed by atoms with van der Waals surface area (Å²) in [6.07, 6.45) is 0.857. The smallest absolute Gasteiger partial charge is 0.303 e. The third-order valence-electron chi connectivity index (χ3n) is 6.22. The van der Waals surface area contributed by atoms with Crippen molar-refractivity contribution in [3.8, 4) is 22.4 Å². The normalized spacial score (nSPS) is 23.0. The van der Waals surface area contributed by atoms with Gasteiger partial charge in [-0.05, 0) is 17.2 Å². The van der Waals surface area contributed by atoms with Gasteiger partial charge in [0.2, 0.25) is 11.9 Å². The number of benzene rings is 2. The molecule has 9 nitrogen and oxygen atoms in total. The average Bonchev–Trinajstić information content (AvgIpc) is 3.47. The number of fused-ring (bicyclic) bond motifs is 1. The first kappa shape index (κ1) is 22.9. The van der Waals surface area contributed by atoms with E-state index in [0.29, 0.717) is 19.2 Å². The number of hydrogen-bond donors (Lipinski definition) is 3. The van der Waals surface area contributed by atoms with Crippen molar-refractivity contribution in [1.29, 1.82) is 0 Å². The van der Waals surface area contributed by atoms with Crippen LogP contribution in [-0.4, -0.2) is 64.5 Å². The Labute approximate surface area is 202 Å². The third kappa shape index (κ3) is 5.31. The van der Waals surface area contributed by atoms with Gasteiger partial charge in [-0.3, -0.25) is 9.59 Å². The van der Waals surface area contributed by atoms with Crippen LogP contribution in [0.2, 0.25) is 0 Å². The number of aliphatic carboxylic acids is 1. The lowest BCUT2D eigenvalue weighted by Gasteiger charge is -2.18. The number of carbonyl (C=O) groups is 2. The minimum Gasteiger partial charge on any atom is -0.481 e. The van der Waals surface area contributed by atoms with E-state index in [1.54, 1.807) is 6.20 Å². The Morgan fingerprint density at radius 2 is 1.51 bits per heavy atom. The van der Waals surface area contributed by atoms with Gasteiger partial charge in [0.1, 0.15) is 12.2 Å². The second kappa shape index (κ2) is 10.2. The molecule has 1 aromatic heterocycles. The van der Waals surface area contributed by atoms with Gasteiger partial charge in [0.15, 0.2) is 0 Å². The molecule has 2 aromatic carbocycles. The highest BCUT2D eigenvalue weighted by Gasteiger charge is 2.48. The van der Waals surface area contributed by atoms with Crippen molar-refractivity contribution in [3.63, 3.8) is 0 Å². The third-order valence-corrected chi connectivity index (χ3v) is 6.22. The fraction of sp³-hybridized carbons (Fsp3) is 0.308. The van der Waals surface area contributed by atoms with E-state index in [4.69, 9.17) is 14.6 Å². The van der Waals surface area contributed by atoms with Crippen molar-refractivity contribution < 1.29 is 24.2 Å². The summed E-state index contributed by atoms with van der Waals surface area (Å²) in [6.45, 7) is 0.692. The molecule has 180 valence electrons. The van der Waals surface area contributed by atoms with E-state index in [0.717, 1.165) is 22.4 Å². The Morgan fingerprint density at radius 1 is 0.857 bits per heavy atom. The van der Waals surface area contributed by atoms with Gasteiger partial charge in [-0.15, -0.1) is 0 Å². The molecular weight excluding hydrogens is 448 g/mol. The number of aromatic nitrogens is 2. The van der Waals surface area contributed by atoms with Crippen molar-refractivity contribution in [2.45, 2.75) is 37.1 Å². The molecule has 0 spiro atoms. The summed E-state index contributed by atoms with van der Waals surface area (Å²) in [5.74, 6) is -0.853. The van der Waals surface area contributed by atoms with E-state index in [1.165, 1.54) is 0 Å². The van der Waals surface area contributed by atoms with Gasteiger partial charge in [0, 0.05) is 18.2 Å². The Kier molecular flexibility index (Phi) is 6.69. The number of rotatable bonds is 8. The Hall–Kier alpha value is -3.82. The van der Waals surface area contributed by atoms with Crippen molar-refractivity contribution in [2.24, 2.45) is 0 Å². The maximum atomic E-state index is 12.0. The van der Waals surface area contributed by atoms with Crippen LogP contribution in [-0.2, 0) is 19.1 Å². The number of anilines is 1. The SMILES string of the molecule is O=C(O)CCC(=O)N[C@H]1CO[C@H]2[C@@H]1OC[C@@H]2Nc1nccc(-c2ccc(-c3ccccc3)cc2)n1. The van der Waals surface area contributed by atoms with E-state index < -0.39 is 5.97 Å². The average molecular weight is 475 g/mol. The molecule has 0 bridgehead atoms. The first-order valence-corrected chi connectivity index (χ1v) is 11.6. The van der Waals surface area contributed by atoms with E-state index in [9.17, 15) is 9.59 Å². The highest BCUT2D eigenvalue weighted by atomic mass is 16.6. The summed E-state index contributed by atoms with van der Waals surface area (Å²) in [6, 6.07) is 19.8. The molecule has 4 atom stereocenters. The molecule has 2 saturated heterocycles. The topological polar surface area (TPSA) is 123 Å². The molecule has 5 rings (SSSR count). The highest BCUT2D eigenvalue weighted by molar-refractivity contribution is 5.80. The Morgan fingerprint density at radius 3 is 2.26 bits per heavy atom. The van der Waals surface area contributed by atoms with Gasteiger partial charge < -0.3 is 25.2 Å². The largest absolute Gasteiger partial charge is 0.481 e. The standard InChI is InChI=1S/C26H26N4O5/c31-22(10-11-23(32)33)28-20-14-34-25-21(15-35-24(20)25)30-26-27-13-12-19(29-26)18-8-6-17(7-9-18)16-4-2-1-3-5-16/h1-9,12-13,20-21,24-25H,10-11,14-15H2,(H,28,31)(H,32,33)(H,27,29,30)/t20-,21-,24+,25+/m0/s1. The number of hydrogen-bond acceptors (Lipinski definition) is 7. The van der Waals surface area contributed by atoms with Crippen LogP contribution in [0.25, 0.3) is 22.4 Å². The van der Waals surface area contributed by atoms with Crippen molar-refractivity contribution in [1.82, 2.24) is 15.3 Å². The molecule has 3 heterocycles. The molecule has 2 aliphatic heterocycles. The van der Waals surface area contributed by atoms with Crippen LogP contribution in [0.3, 0.4) is 0 Å². The predicted octanol–water partition coefficient (Wildman–Crippen LogP) is 2.74. The van der Waals surface area contributed by atoms with E-state index in [1.807, 2.05) is 36.4 Å². The van der Waals surface area contributed by atoms with Gasteiger partial charge in [0.25, 0.3) is 0 Å². The zero-order valence-electron chi connectivity index (χ0n) is 19.0. The summed E-state index contributed by atoms with van der Waals surface area (Å²) >= 11 is 0. The predicted molar refractivity (Wildman–Crippen MR) is 129 cm³/mol. The number of carboxylic acids is 1. The zero-order valence-corrected chi connectivity index (χ0v) is 19.0. The Balaban J connectivity index is 1.21. The molecule has 2 aliphatic rings. The van der Waals surface area contributed by atoms with E-state index >= 15 is 0 Å². The van der Waals surface area contributed by atoms with Crippen molar-refractivity contribution in [3.05, 3.63) is 66.9 Å². The quantitative estimate of drug-likeness (QED) is 0.456. The van der Waals surface area contributed by atoms with Gasteiger partial charge in [-0.1, -0.05) is 54.6 Å². The van der Waals surface area contributed by atoms with Crippen molar-refractivity contribution in [2.75, 3.05) is 18.5 Å². The minimum absolute atomic E-state index is 0.0716. The first-order valence-electron chi connectivity index (χ1n) is 11.6. The molecule has 3 N–H and O–H groups in total. The van der Waals surface area contributed by atoms with Crippen LogP contribution >= 0.6 is 0 Å². The summed E-state index contributed by atoms with van der Waals surface area (Å²) in [7, 11) is 0. The molecule has 9 heteroatoms. The van der Waals surface area contributed by atoms with Gasteiger partial charge >= 0.3 is 5.97 Å². The number of carboxylic acid groups (broad SMARTS) is 1. The van der Waals surface area contributed by atoms with E-state index in [-0.39, 0.29) is 43.0 Å². The first-order chi connectivity index (χ1) is 17.1. The molecule has 35 heavy (non-hydrogen) atoms. The summed E-state index contributed by atoms with van der Waals surface area (Å²) in [4.78, 5) is 31.7. The van der Waals surface area contributed by atoms with Crippen LogP contribution in [0.1, 0.15) is 12.8 Å². The number of amides is 1. The lowest BCUT2D eigenvalue weighted by molar-refractivity contribution is -0.139. The number of ether oxygens (including phenoxy) is 2. The fourth-order valence-corrected chi connectivity index (χ4v) is 4.47. The summed E-state index contributed by atoms with van der Waals surface area (Å²) in [5, 5.41) is 14.9. The molecule has 1 amide bonds. The molecule has 0 unspecified atom stereocenters. The van der Waals surface area contributed by atoms with E-state index in [2.05, 4.69) is 44.9 Å². The molecule has 2 fully saturated rings. The minimum atomic E-state index is -1.00. The second-order valence-corrected chi connectivity index (χ2v) is 8.62. The van der Waals surface area contributed by atoms with Crippen LogP contribution in [0.15, 0.2) is 66.9 Å². The maximum Gasteiger partial charge on any atom is 0.303 e. The van der Waals surface area contributed by atoms with Crippen LogP contribution < -0.4 is 10.6 Å². The van der Waals surface area contributed by atoms with Gasteiger partial charge in [0.05, 0.1) is 37.4 Å². The highest BCUT2D eigenvalue weighted by Crippen LogP contribution is 2.29. The van der Waals surface area contributed by atoms with Crippen LogP contribution in [0, 0.1) is 0 Å². The summed E-state index contributed by atoms with van der Waals surface area (Å²) < 4.78 is 11.8. The maximum absolute atomic E-state index is 12.0. The van der Waals surface area contributed by atoms with Crippen LogP contribution in [0.4, 0.5) is 5.95 Å². The zero-order chi connectivity index (χ0) is 24.2. The van der Waals surface area contributed by atoms with Crippen LogP contribution in [0.5, 0.6) is 0 Å². The summed E-state index contributed by atoms with van der Waals surface area (Å²) in [5.41, 5.74) is 4.08. The molecule has 3 aromatic rings. The molecular formula is C26H26N4O5. The monoisotopic (exact) mass is 474 g/mol. The van der Waals surface area contributed by atoms with Gasteiger partial charge in [-0.25, -0.2) is 9.97 Å². The molecule has 0 saturated carbocycles. The molecule has 0 radical (unpaired) electrons. The number of nitrogens with one attached hydrogen (secondary N) is 2. The van der Waals surface area contributed by atoms with Crippen molar-refractivity contribution >= 4 is 17.8 Å². The second-order valence-electron chi connectivity index (χ2n) is 8.62. The Bertz CT molecular complexity index is 1190. The number of carbonyl (C=O) groups excluding carboxylic acids is 1. The van der Waals surface area contributed by atoms with Gasteiger partial charge in [-0.2, -0.15) is 0 Å². The fourth-order valence-electron chi connectivity index (χ4n) is 4.47.